The highest BCUT2D eigenvalue weighted by molar-refractivity contribution is 7.16. The van der Waals surface area contributed by atoms with E-state index in [1.54, 1.807) is 0 Å². The Morgan fingerprint density at radius 3 is 2.22 bits per heavy atom. The van der Waals surface area contributed by atoms with Crippen molar-refractivity contribution in [3.05, 3.63) is 64.2 Å². The molecule has 0 radical (unpaired) electrons. The minimum Gasteiger partial charge on any atom is -0.507 e. The Kier molecular flexibility index (Phi) is 9.83. The van der Waals surface area contributed by atoms with E-state index in [9.17, 15) is 5.11 Å². The molecule has 4 heteroatoms. The summed E-state index contributed by atoms with van der Waals surface area (Å²) in [6.07, 6.45) is 5.70. The van der Waals surface area contributed by atoms with Crippen molar-refractivity contribution < 1.29 is 14.6 Å². The fourth-order valence-electron chi connectivity index (χ4n) is 3.55. The van der Waals surface area contributed by atoms with Gasteiger partial charge in [-0.25, -0.2) is 0 Å². The molecule has 0 fully saturated rings. The van der Waals surface area contributed by atoms with Crippen LogP contribution >= 0.6 is 8.69 Å². The van der Waals surface area contributed by atoms with Crippen molar-refractivity contribution in [1.82, 2.24) is 0 Å². The Morgan fingerprint density at radius 1 is 1.07 bits per heavy atom. The van der Waals surface area contributed by atoms with Crippen molar-refractivity contribution in [1.29, 1.82) is 0 Å². The molecule has 2 aromatic rings. The van der Waals surface area contributed by atoms with Crippen LogP contribution < -0.4 is 0 Å². The zero-order valence-corrected chi connectivity index (χ0v) is 18.5. The SMILES string of the molecule is CCCCCC(C)(C)c1cc(C)c(Cc2ccccc2)c(C)c1O.O=[PH2]O. The van der Waals surface area contributed by atoms with E-state index in [0.29, 0.717) is 5.75 Å². The van der Waals surface area contributed by atoms with Crippen molar-refractivity contribution in [3.63, 3.8) is 0 Å². The summed E-state index contributed by atoms with van der Waals surface area (Å²) in [4.78, 5) is 7.10. The largest absolute Gasteiger partial charge is 0.507 e. The third kappa shape index (κ3) is 6.83. The Hall–Kier alpha value is -1.57. The summed E-state index contributed by atoms with van der Waals surface area (Å²) in [6, 6.07) is 12.7. The molecule has 0 aromatic heterocycles. The molecule has 1 unspecified atom stereocenters. The van der Waals surface area contributed by atoms with Crippen molar-refractivity contribution in [2.24, 2.45) is 0 Å². The molecule has 0 heterocycles. The monoisotopic (exact) mass is 390 g/mol. The lowest BCUT2D eigenvalue weighted by Crippen LogP contribution is -2.18. The van der Waals surface area contributed by atoms with Gasteiger partial charge < -0.3 is 10.00 Å². The molecule has 1 atom stereocenters. The van der Waals surface area contributed by atoms with E-state index in [-0.39, 0.29) is 5.41 Å². The van der Waals surface area contributed by atoms with E-state index in [2.05, 4.69) is 65.0 Å². The number of rotatable bonds is 7. The maximum Gasteiger partial charge on any atom is 0.177 e. The number of aryl methyl sites for hydroxylation is 1. The molecule has 27 heavy (non-hydrogen) atoms. The lowest BCUT2D eigenvalue weighted by atomic mass is 9.77. The smallest absolute Gasteiger partial charge is 0.177 e. The van der Waals surface area contributed by atoms with Crippen molar-refractivity contribution in [2.45, 2.75) is 72.1 Å². The number of unbranched alkanes of at least 4 members (excludes halogenated alkanes) is 2. The number of phenolic OH excluding ortho intramolecular Hbond substituents is 1. The summed E-state index contributed by atoms with van der Waals surface area (Å²) in [6.45, 7) is 11.0. The number of aromatic hydroxyl groups is 1. The average molecular weight is 391 g/mol. The van der Waals surface area contributed by atoms with Gasteiger partial charge in [0.1, 0.15) is 5.75 Å². The van der Waals surface area contributed by atoms with E-state index in [1.165, 1.54) is 36.0 Å². The van der Waals surface area contributed by atoms with Gasteiger partial charge in [-0.2, -0.15) is 0 Å². The van der Waals surface area contributed by atoms with E-state index in [1.807, 2.05) is 6.07 Å². The molecule has 2 rings (SSSR count). The maximum absolute atomic E-state index is 10.9. The number of hydrogen-bond donors (Lipinski definition) is 2. The highest BCUT2D eigenvalue weighted by Gasteiger charge is 2.26. The van der Waals surface area contributed by atoms with Gasteiger partial charge in [0, 0.05) is 5.56 Å². The second-order valence-electron chi connectivity index (χ2n) is 7.80. The molecule has 150 valence electrons. The van der Waals surface area contributed by atoms with E-state index < -0.39 is 8.69 Å². The molecule has 0 saturated carbocycles. The Morgan fingerprint density at radius 2 is 1.67 bits per heavy atom. The first-order valence-corrected chi connectivity index (χ1v) is 10.7. The molecule has 3 nitrogen and oxygen atoms in total. The van der Waals surface area contributed by atoms with Crippen LogP contribution in [-0.4, -0.2) is 10.00 Å². The second kappa shape index (κ2) is 11.3. The highest BCUT2D eigenvalue weighted by atomic mass is 31.1. The summed E-state index contributed by atoms with van der Waals surface area (Å²) in [5, 5.41) is 10.9. The summed E-state index contributed by atoms with van der Waals surface area (Å²) in [5.41, 5.74) is 5.99. The van der Waals surface area contributed by atoms with Crippen LogP contribution in [-0.2, 0) is 16.4 Å². The number of hydrogen-bond acceptors (Lipinski definition) is 2. The summed E-state index contributed by atoms with van der Waals surface area (Å²) in [5.74, 6) is 0.494. The van der Waals surface area contributed by atoms with Crippen LogP contribution in [0.15, 0.2) is 36.4 Å². The van der Waals surface area contributed by atoms with E-state index in [4.69, 9.17) is 9.46 Å². The van der Waals surface area contributed by atoms with E-state index >= 15 is 0 Å². The van der Waals surface area contributed by atoms with Gasteiger partial charge in [-0.3, -0.25) is 4.57 Å². The highest BCUT2D eigenvalue weighted by Crippen LogP contribution is 2.40. The predicted octanol–water partition coefficient (Wildman–Crippen LogP) is 6.11. The zero-order valence-electron chi connectivity index (χ0n) is 17.4. The van der Waals surface area contributed by atoms with E-state index in [0.717, 1.165) is 24.0 Å². The lowest BCUT2D eigenvalue weighted by molar-refractivity contribution is 0.405. The molecule has 0 saturated heterocycles. The maximum atomic E-state index is 10.9. The van der Waals surface area contributed by atoms with Gasteiger partial charge in [0.05, 0.1) is 0 Å². The van der Waals surface area contributed by atoms with Crippen molar-refractivity contribution in [2.75, 3.05) is 0 Å². The molecule has 0 amide bonds. The summed E-state index contributed by atoms with van der Waals surface area (Å²) in [7, 11) is -1.50. The van der Waals surface area contributed by atoms with Crippen LogP contribution in [0.25, 0.3) is 0 Å². The second-order valence-corrected chi connectivity index (χ2v) is 8.01. The molecule has 0 bridgehead atoms. The van der Waals surface area contributed by atoms with Crippen LogP contribution in [0, 0.1) is 13.8 Å². The van der Waals surface area contributed by atoms with Gasteiger partial charge in [0.25, 0.3) is 0 Å². The zero-order chi connectivity index (χ0) is 20.4. The molecular weight excluding hydrogens is 355 g/mol. The molecular formula is C23H35O3P. The van der Waals surface area contributed by atoms with Gasteiger partial charge in [-0.1, -0.05) is 76.4 Å². The first-order chi connectivity index (χ1) is 12.8. The molecule has 2 aromatic carbocycles. The van der Waals surface area contributed by atoms with Crippen molar-refractivity contribution in [3.8, 4) is 5.75 Å². The first-order valence-electron chi connectivity index (χ1n) is 9.72. The molecule has 2 N–H and O–H groups in total. The summed E-state index contributed by atoms with van der Waals surface area (Å²) >= 11 is 0. The normalized spacial score (nSPS) is 11.5. The summed E-state index contributed by atoms with van der Waals surface area (Å²) < 4.78 is 8.57. The topological polar surface area (TPSA) is 57.5 Å². The number of benzene rings is 2. The van der Waals surface area contributed by atoms with Crippen molar-refractivity contribution >= 4 is 8.69 Å². The van der Waals surface area contributed by atoms with Crippen LogP contribution in [0.5, 0.6) is 5.75 Å². The van der Waals surface area contributed by atoms with Gasteiger partial charge in [0.15, 0.2) is 8.69 Å². The van der Waals surface area contributed by atoms with Gasteiger partial charge >= 0.3 is 0 Å². The standard InChI is InChI=1S/C23H32O.H3O2P/c1-6-7-11-14-23(4,5)21-15-17(2)20(18(3)22(21)24)16-19-12-9-8-10-13-19;1-3-2/h8-10,12-13,15,24H,6-7,11,14,16H2,1-5H3;3H2,(H,1,2). The third-order valence-electron chi connectivity index (χ3n) is 5.26. The Bertz CT molecular complexity index is 724. The molecule has 0 aliphatic carbocycles. The molecule has 0 aliphatic rings. The van der Waals surface area contributed by atoms with Crippen LogP contribution in [0.3, 0.4) is 0 Å². The Balaban J connectivity index is 0.00000114. The fraction of sp³-hybridized carbons (Fsp3) is 0.478. The predicted molar refractivity (Wildman–Crippen MR) is 117 cm³/mol. The molecule has 0 spiro atoms. The van der Waals surface area contributed by atoms with Gasteiger partial charge in [-0.15, -0.1) is 0 Å². The number of phenols is 1. The first kappa shape index (κ1) is 23.5. The van der Waals surface area contributed by atoms with Crippen LogP contribution in [0.4, 0.5) is 0 Å². The Labute approximate surface area is 165 Å². The third-order valence-corrected chi connectivity index (χ3v) is 5.26. The molecule has 0 aliphatic heterocycles. The van der Waals surface area contributed by atoms with Gasteiger partial charge in [0.2, 0.25) is 0 Å². The lowest BCUT2D eigenvalue weighted by Gasteiger charge is -2.28. The fourth-order valence-corrected chi connectivity index (χ4v) is 3.55. The van der Waals surface area contributed by atoms with Crippen LogP contribution in [0.2, 0.25) is 0 Å². The minimum atomic E-state index is -1.50. The quantitative estimate of drug-likeness (QED) is 0.443. The van der Waals surface area contributed by atoms with Gasteiger partial charge in [-0.05, 0) is 54.4 Å². The minimum absolute atomic E-state index is 0.0139. The van der Waals surface area contributed by atoms with Crippen LogP contribution in [0.1, 0.15) is 74.3 Å². The average Bonchev–Trinajstić information content (AvgIpc) is 2.63.